The second-order valence-electron chi connectivity index (χ2n) is 6.55. The molecule has 0 saturated heterocycles. The molecule has 1 unspecified atom stereocenters. The SMILES string of the molecule is Cc1cccc(CC(CNC(=O)CCc2nnc(-c3ccsc3)o2)C(=O)O)c1. The van der Waals surface area contributed by atoms with Crippen molar-refractivity contribution in [1.82, 2.24) is 15.5 Å². The number of carboxylic acid groups (broad SMARTS) is 1. The van der Waals surface area contributed by atoms with E-state index >= 15 is 0 Å². The third-order valence-electron chi connectivity index (χ3n) is 4.26. The summed E-state index contributed by atoms with van der Waals surface area (Å²) < 4.78 is 5.54. The number of nitrogens with one attached hydrogen (secondary N) is 1. The number of aliphatic carboxylic acids is 1. The van der Waals surface area contributed by atoms with E-state index in [2.05, 4.69) is 15.5 Å². The van der Waals surface area contributed by atoms with Gasteiger partial charge >= 0.3 is 5.97 Å². The monoisotopic (exact) mass is 399 g/mol. The van der Waals surface area contributed by atoms with Crippen molar-refractivity contribution in [3.05, 3.63) is 58.1 Å². The number of carbonyl (C=O) groups excluding carboxylic acids is 1. The minimum atomic E-state index is -0.931. The lowest BCUT2D eigenvalue weighted by atomic mass is 9.98. The molecule has 8 heteroatoms. The Morgan fingerprint density at radius 3 is 2.86 bits per heavy atom. The van der Waals surface area contributed by atoms with Gasteiger partial charge in [-0.15, -0.1) is 10.2 Å². The van der Waals surface area contributed by atoms with Crippen molar-refractivity contribution in [2.45, 2.75) is 26.2 Å². The Morgan fingerprint density at radius 1 is 1.29 bits per heavy atom. The number of carboxylic acids is 1. The summed E-state index contributed by atoms with van der Waals surface area (Å²) in [5.74, 6) is -1.05. The zero-order valence-electron chi connectivity index (χ0n) is 15.4. The van der Waals surface area contributed by atoms with Gasteiger partial charge in [-0.25, -0.2) is 0 Å². The predicted octanol–water partition coefficient (Wildman–Crippen LogP) is 3.10. The van der Waals surface area contributed by atoms with Gasteiger partial charge in [0.1, 0.15) is 0 Å². The molecule has 1 atom stereocenters. The molecule has 0 fully saturated rings. The summed E-state index contributed by atoms with van der Waals surface area (Å²) in [6.07, 6.45) is 0.825. The summed E-state index contributed by atoms with van der Waals surface area (Å²) in [5, 5.41) is 23.9. The molecule has 2 heterocycles. The van der Waals surface area contributed by atoms with Crippen LogP contribution in [0.25, 0.3) is 11.5 Å². The van der Waals surface area contributed by atoms with E-state index in [9.17, 15) is 14.7 Å². The van der Waals surface area contributed by atoms with E-state index in [4.69, 9.17) is 4.42 Å². The van der Waals surface area contributed by atoms with Crippen molar-refractivity contribution < 1.29 is 19.1 Å². The Hall–Kier alpha value is -3.00. The Labute approximate surface area is 166 Å². The Kier molecular flexibility index (Phi) is 6.54. The van der Waals surface area contributed by atoms with Gasteiger partial charge in [0.05, 0.1) is 5.92 Å². The highest BCUT2D eigenvalue weighted by Gasteiger charge is 2.19. The maximum Gasteiger partial charge on any atom is 0.308 e. The summed E-state index contributed by atoms with van der Waals surface area (Å²) in [4.78, 5) is 23.6. The standard InChI is InChI=1S/C20H21N3O4S/c1-13-3-2-4-14(9-13)10-16(20(25)26)11-21-17(24)5-6-18-22-23-19(27-18)15-7-8-28-12-15/h2-4,7-9,12,16H,5-6,10-11H2,1H3,(H,21,24)(H,25,26). The molecule has 1 aromatic carbocycles. The third-order valence-corrected chi connectivity index (χ3v) is 4.94. The lowest BCUT2D eigenvalue weighted by molar-refractivity contribution is -0.141. The highest BCUT2D eigenvalue weighted by atomic mass is 32.1. The van der Waals surface area contributed by atoms with Crippen LogP contribution < -0.4 is 5.32 Å². The van der Waals surface area contributed by atoms with Crippen molar-refractivity contribution in [2.75, 3.05) is 6.54 Å². The number of rotatable bonds is 9. The van der Waals surface area contributed by atoms with E-state index in [0.29, 0.717) is 24.6 Å². The topological polar surface area (TPSA) is 105 Å². The van der Waals surface area contributed by atoms with Crippen molar-refractivity contribution in [3.63, 3.8) is 0 Å². The highest BCUT2D eigenvalue weighted by molar-refractivity contribution is 7.08. The Balaban J connectivity index is 1.47. The summed E-state index contributed by atoms with van der Waals surface area (Å²) in [6, 6.07) is 9.60. The first-order valence-corrected chi connectivity index (χ1v) is 9.85. The van der Waals surface area contributed by atoms with Gasteiger partial charge in [0, 0.05) is 30.3 Å². The first kappa shape index (κ1) is 19.8. The second-order valence-corrected chi connectivity index (χ2v) is 7.33. The van der Waals surface area contributed by atoms with Gasteiger partial charge in [-0.2, -0.15) is 11.3 Å². The molecule has 0 radical (unpaired) electrons. The van der Waals surface area contributed by atoms with Crippen LogP contribution in [0.4, 0.5) is 0 Å². The fourth-order valence-corrected chi connectivity index (χ4v) is 3.40. The van der Waals surface area contributed by atoms with Crippen molar-refractivity contribution >= 4 is 23.2 Å². The molecule has 0 aliphatic heterocycles. The van der Waals surface area contributed by atoms with Crippen LogP contribution in [0.5, 0.6) is 0 Å². The smallest absolute Gasteiger partial charge is 0.308 e. The molecule has 3 rings (SSSR count). The van der Waals surface area contributed by atoms with Crippen LogP contribution in [0.1, 0.15) is 23.4 Å². The molecule has 2 aromatic heterocycles. The molecule has 0 saturated carbocycles. The van der Waals surface area contributed by atoms with E-state index < -0.39 is 11.9 Å². The zero-order chi connectivity index (χ0) is 19.9. The van der Waals surface area contributed by atoms with Crippen LogP contribution in [0, 0.1) is 12.8 Å². The fourth-order valence-electron chi connectivity index (χ4n) is 2.77. The molecule has 28 heavy (non-hydrogen) atoms. The molecule has 3 aromatic rings. The number of aromatic nitrogens is 2. The lowest BCUT2D eigenvalue weighted by Gasteiger charge is -2.14. The van der Waals surface area contributed by atoms with Crippen LogP contribution >= 0.6 is 11.3 Å². The first-order chi connectivity index (χ1) is 13.5. The van der Waals surface area contributed by atoms with Gasteiger partial charge in [0.25, 0.3) is 0 Å². The quantitative estimate of drug-likeness (QED) is 0.573. The molecular weight excluding hydrogens is 378 g/mol. The number of hydrogen-bond donors (Lipinski definition) is 2. The number of amides is 1. The number of thiophene rings is 1. The molecule has 2 N–H and O–H groups in total. The molecule has 0 aliphatic carbocycles. The number of benzene rings is 1. The van der Waals surface area contributed by atoms with Gasteiger partial charge < -0.3 is 14.8 Å². The van der Waals surface area contributed by atoms with Gasteiger partial charge in [-0.05, 0) is 30.4 Å². The van der Waals surface area contributed by atoms with Crippen LogP contribution in [0.2, 0.25) is 0 Å². The van der Waals surface area contributed by atoms with Gasteiger partial charge in [-0.3, -0.25) is 9.59 Å². The highest BCUT2D eigenvalue weighted by Crippen LogP contribution is 2.20. The summed E-state index contributed by atoms with van der Waals surface area (Å²) in [7, 11) is 0. The average Bonchev–Trinajstić information content (AvgIpc) is 3.34. The summed E-state index contributed by atoms with van der Waals surface area (Å²) in [6.45, 7) is 2.04. The normalized spacial score (nSPS) is 11.9. The maximum absolute atomic E-state index is 12.1. The largest absolute Gasteiger partial charge is 0.481 e. The van der Waals surface area contributed by atoms with Crippen LogP contribution in [0.15, 0.2) is 45.5 Å². The van der Waals surface area contributed by atoms with E-state index in [1.807, 2.05) is 48.0 Å². The van der Waals surface area contributed by atoms with Crippen LogP contribution in [0.3, 0.4) is 0 Å². The molecule has 7 nitrogen and oxygen atoms in total. The van der Waals surface area contributed by atoms with E-state index in [0.717, 1.165) is 16.7 Å². The lowest BCUT2D eigenvalue weighted by Crippen LogP contribution is -2.34. The number of nitrogens with zero attached hydrogens (tertiary/aromatic N) is 2. The molecule has 0 spiro atoms. The van der Waals surface area contributed by atoms with Crippen molar-refractivity contribution in [2.24, 2.45) is 5.92 Å². The molecule has 0 aliphatic rings. The number of carbonyl (C=O) groups is 2. The first-order valence-electron chi connectivity index (χ1n) is 8.91. The fraction of sp³-hybridized carbons (Fsp3) is 0.300. The molecule has 1 amide bonds. The minimum Gasteiger partial charge on any atom is -0.481 e. The minimum absolute atomic E-state index is 0.0755. The Bertz CT molecular complexity index is 937. The zero-order valence-corrected chi connectivity index (χ0v) is 16.2. The summed E-state index contributed by atoms with van der Waals surface area (Å²) in [5.41, 5.74) is 2.87. The second kappa shape index (κ2) is 9.27. The van der Waals surface area contributed by atoms with Gasteiger partial charge in [0.15, 0.2) is 0 Å². The van der Waals surface area contributed by atoms with E-state index in [1.54, 1.807) is 0 Å². The van der Waals surface area contributed by atoms with Gasteiger partial charge in [0.2, 0.25) is 17.7 Å². The molecule has 0 bridgehead atoms. The van der Waals surface area contributed by atoms with Crippen molar-refractivity contribution in [1.29, 1.82) is 0 Å². The van der Waals surface area contributed by atoms with Crippen LogP contribution in [-0.4, -0.2) is 33.7 Å². The average molecular weight is 399 g/mol. The summed E-state index contributed by atoms with van der Waals surface area (Å²) >= 11 is 1.53. The maximum atomic E-state index is 12.1. The van der Waals surface area contributed by atoms with Crippen molar-refractivity contribution in [3.8, 4) is 11.5 Å². The predicted molar refractivity (Wildman–Crippen MR) is 105 cm³/mol. The number of hydrogen-bond acceptors (Lipinski definition) is 6. The van der Waals surface area contributed by atoms with Gasteiger partial charge in [-0.1, -0.05) is 29.8 Å². The Morgan fingerprint density at radius 2 is 2.14 bits per heavy atom. The molecule has 146 valence electrons. The van der Waals surface area contributed by atoms with E-state index in [1.165, 1.54) is 11.3 Å². The number of aryl methyl sites for hydroxylation is 2. The molecular formula is C20H21N3O4S. The van der Waals surface area contributed by atoms with E-state index in [-0.39, 0.29) is 18.9 Å². The third kappa shape index (κ3) is 5.50. The van der Waals surface area contributed by atoms with Crippen LogP contribution in [-0.2, 0) is 22.4 Å².